The Bertz CT molecular complexity index is 495. The Balaban J connectivity index is 3.27. The van der Waals surface area contributed by atoms with E-state index in [0.29, 0.717) is 12.8 Å². The Hall–Kier alpha value is -1.06. The SMILES string of the molecule is CCCCCCCCCCCCCCCCCC(=O)NNC(=O)CCCCCCCCCCCCCCC. The van der Waals surface area contributed by atoms with Gasteiger partial charge in [0.15, 0.2) is 0 Å². The van der Waals surface area contributed by atoms with Crippen LogP contribution in [0.1, 0.15) is 206 Å². The van der Waals surface area contributed by atoms with E-state index in [9.17, 15) is 9.59 Å². The van der Waals surface area contributed by atoms with Crippen molar-refractivity contribution < 1.29 is 9.59 Å². The lowest BCUT2D eigenvalue weighted by Crippen LogP contribution is -2.41. The predicted octanol–water partition coefficient (Wildman–Crippen LogP) is 10.9. The lowest BCUT2D eigenvalue weighted by Gasteiger charge is -2.07. The topological polar surface area (TPSA) is 58.2 Å². The van der Waals surface area contributed by atoms with Crippen molar-refractivity contribution in [3.05, 3.63) is 0 Å². The average Bonchev–Trinajstić information content (AvgIpc) is 2.92. The standard InChI is InChI=1S/C34H68N2O2/c1-3-5-7-9-11-13-15-17-18-20-22-24-26-28-30-32-34(38)36-35-33(37)31-29-27-25-23-21-19-16-14-12-10-8-6-4-2/h3-32H2,1-2H3,(H,35,37)(H,36,38). The zero-order chi connectivity index (χ0) is 27.8. The lowest BCUT2D eigenvalue weighted by molar-refractivity contribution is -0.129. The first kappa shape index (κ1) is 36.9. The van der Waals surface area contributed by atoms with Crippen LogP contribution in [-0.2, 0) is 9.59 Å². The Morgan fingerprint density at radius 3 is 0.711 bits per heavy atom. The highest BCUT2D eigenvalue weighted by molar-refractivity contribution is 5.81. The molecule has 0 saturated carbocycles. The predicted molar refractivity (Wildman–Crippen MR) is 166 cm³/mol. The number of carbonyl (C=O) groups is 2. The van der Waals surface area contributed by atoms with Crippen molar-refractivity contribution in [1.82, 2.24) is 10.9 Å². The second-order valence-electron chi connectivity index (χ2n) is 11.8. The fourth-order valence-corrected chi connectivity index (χ4v) is 5.22. The maximum Gasteiger partial charge on any atom is 0.238 e. The minimum absolute atomic E-state index is 0.0570. The Morgan fingerprint density at radius 2 is 0.500 bits per heavy atom. The molecule has 0 aliphatic carbocycles. The molecule has 0 aliphatic rings. The minimum Gasteiger partial charge on any atom is -0.273 e. The van der Waals surface area contributed by atoms with Gasteiger partial charge < -0.3 is 0 Å². The molecule has 0 saturated heterocycles. The normalized spacial score (nSPS) is 11.1. The summed E-state index contributed by atoms with van der Waals surface area (Å²) < 4.78 is 0. The number of rotatable bonds is 30. The van der Waals surface area contributed by atoms with Crippen LogP contribution >= 0.6 is 0 Å². The molecule has 226 valence electrons. The van der Waals surface area contributed by atoms with Gasteiger partial charge in [0.2, 0.25) is 11.8 Å². The van der Waals surface area contributed by atoms with Gasteiger partial charge in [-0.2, -0.15) is 0 Å². The second-order valence-corrected chi connectivity index (χ2v) is 11.8. The highest BCUT2D eigenvalue weighted by Crippen LogP contribution is 2.14. The third-order valence-corrected chi connectivity index (χ3v) is 7.86. The van der Waals surface area contributed by atoms with Gasteiger partial charge in [-0.15, -0.1) is 0 Å². The van der Waals surface area contributed by atoms with Crippen LogP contribution in [0.4, 0.5) is 0 Å². The van der Waals surface area contributed by atoms with Gasteiger partial charge in [0, 0.05) is 12.8 Å². The van der Waals surface area contributed by atoms with Crippen molar-refractivity contribution in [1.29, 1.82) is 0 Å². The summed E-state index contributed by atoms with van der Waals surface area (Å²) in [6.45, 7) is 4.55. The largest absolute Gasteiger partial charge is 0.273 e. The van der Waals surface area contributed by atoms with Crippen molar-refractivity contribution in [2.45, 2.75) is 206 Å². The molecule has 0 fully saturated rings. The lowest BCUT2D eigenvalue weighted by atomic mass is 10.0. The van der Waals surface area contributed by atoms with Crippen molar-refractivity contribution >= 4 is 11.8 Å². The summed E-state index contributed by atoms with van der Waals surface area (Å²) in [4.78, 5) is 23.9. The summed E-state index contributed by atoms with van der Waals surface area (Å²) in [5.74, 6) is -0.115. The quantitative estimate of drug-likeness (QED) is 0.0708. The van der Waals surface area contributed by atoms with Crippen molar-refractivity contribution in [3.63, 3.8) is 0 Å². The Morgan fingerprint density at radius 1 is 0.316 bits per heavy atom. The number of carbonyl (C=O) groups excluding carboxylic acids is 2. The molecule has 0 aromatic heterocycles. The van der Waals surface area contributed by atoms with Gasteiger partial charge in [0.25, 0.3) is 0 Å². The maximum absolute atomic E-state index is 11.9. The highest BCUT2D eigenvalue weighted by Gasteiger charge is 2.05. The van der Waals surface area contributed by atoms with Gasteiger partial charge in [-0.25, -0.2) is 0 Å². The zero-order valence-corrected chi connectivity index (χ0v) is 26.0. The van der Waals surface area contributed by atoms with E-state index in [-0.39, 0.29) is 11.8 Å². The fourth-order valence-electron chi connectivity index (χ4n) is 5.22. The first-order valence-corrected chi connectivity index (χ1v) is 17.3. The van der Waals surface area contributed by atoms with E-state index in [4.69, 9.17) is 0 Å². The van der Waals surface area contributed by atoms with Crippen LogP contribution in [0.15, 0.2) is 0 Å². The van der Waals surface area contributed by atoms with Crippen molar-refractivity contribution in [3.8, 4) is 0 Å². The molecule has 4 heteroatoms. The summed E-state index contributed by atoms with van der Waals surface area (Å²) in [6.07, 6.45) is 37.8. The van der Waals surface area contributed by atoms with Crippen LogP contribution in [0, 0.1) is 0 Å². The molecular formula is C34H68N2O2. The third-order valence-electron chi connectivity index (χ3n) is 7.86. The Kier molecular flexibility index (Phi) is 31.3. The molecule has 0 aliphatic heterocycles. The molecule has 0 rings (SSSR count). The van der Waals surface area contributed by atoms with Crippen molar-refractivity contribution in [2.24, 2.45) is 0 Å². The number of hydrogen-bond donors (Lipinski definition) is 2. The highest BCUT2D eigenvalue weighted by atomic mass is 16.2. The van der Waals surface area contributed by atoms with E-state index in [1.807, 2.05) is 0 Å². The van der Waals surface area contributed by atoms with Gasteiger partial charge in [-0.05, 0) is 12.8 Å². The molecule has 0 heterocycles. The van der Waals surface area contributed by atoms with E-state index in [1.165, 1.54) is 154 Å². The number of hydrogen-bond acceptors (Lipinski definition) is 2. The van der Waals surface area contributed by atoms with E-state index in [1.54, 1.807) is 0 Å². The third kappa shape index (κ3) is 31.2. The molecule has 0 radical (unpaired) electrons. The summed E-state index contributed by atoms with van der Waals surface area (Å²) in [5.41, 5.74) is 5.18. The van der Waals surface area contributed by atoms with Crippen LogP contribution in [0.3, 0.4) is 0 Å². The Labute approximate surface area is 238 Å². The number of unbranched alkanes of at least 4 members (excludes halogenated alkanes) is 26. The summed E-state index contributed by atoms with van der Waals surface area (Å²) in [7, 11) is 0. The molecule has 38 heavy (non-hydrogen) atoms. The first-order valence-electron chi connectivity index (χ1n) is 17.3. The van der Waals surface area contributed by atoms with Crippen LogP contribution < -0.4 is 10.9 Å². The molecule has 0 unspecified atom stereocenters. The molecule has 0 bridgehead atoms. The van der Waals surface area contributed by atoms with E-state index in [2.05, 4.69) is 24.7 Å². The van der Waals surface area contributed by atoms with Gasteiger partial charge in [-0.3, -0.25) is 20.4 Å². The van der Waals surface area contributed by atoms with Gasteiger partial charge in [0.05, 0.1) is 0 Å². The maximum atomic E-state index is 11.9. The molecular weight excluding hydrogens is 468 g/mol. The fraction of sp³-hybridized carbons (Fsp3) is 0.941. The number of nitrogens with one attached hydrogen (secondary N) is 2. The molecule has 4 nitrogen and oxygen atoms in total. The van der Waals surface area contributed by atoms with Crippen LogP contribution in [0.5, 0.6) is 0 Å². The van der Waals surface area contributed by atoms with Crippen molar-refractivity contribution in [2.75, 3.05) is 0 Å². The van der Waals surface area contributed by atoms with Crippen LogP contribution in [0.25, 0.3) is 0 Å². The van der Waals surface area contributed by atoms with Gasteiger partial charge in [0.1, 0.15) is 0 Å². The summed E-state index contributed by atoms with van der Waals surface area (Å²) >= 11 is 0. The van der Waals surface area contributed by atoms with E-state index < -0.39 is 0 Å². The molecule has 0 spiro atoms. The molecule has 2 amide bonds. The van der Waals surface area contributed by atoms with Crippen LogP contribution in [-0.4, -0.2) is 11.8 Å². The van der Waals surface area contributed by atoms with Gasteiger partial charge in [-0.1, -0.05) is 181 Å². The monoisotopic (exact) mass is 537 g/mol. The van der Waals surface area contributed by atoms with Crippen LogP contribution in [0.2, 0.25) is 0 Å². The summed E-state index contributed by atoms with van der Waals surface area (Å²) in [5, 5.41) is 0. The average molecular weight is 537 g/mol. The minimum atomic E-state index is -0.0575. The van der Waals surface area contributed by atoms with E-state index >= 15 is 0 Å². The summed E-state index contributed by atoms with van der Waals surface area (Å²) in [6, 6.07) is 0. The first-order chi connectivity index (χ1) is 18.7. The number of hydrazine groups is 1. The number of amides is 2. The second kappa shape index (κ2) is 32.2. The van der Waals surface area contributed by atoms with Gasteiger partial charge >= 0.3 is 0 Å². The molecule has 0 aromatic rings. The molecule has 0 atom stereocenters. The molecule has 0 aromatic carbocycles. The molecule has 2 N–H and O–H groups in total. The van der Waals surface area contributed by atoms with E-state index in [0.717, 1.165) is 25.7 Å². The zero-order valence-electron chi connectivity index (χ0n) is 26.0. The smallest absolute Gasteiger partial charge is 0.238 e.